The van der Waals surface area contributed by atoms with E-state index in [2.05, 4.69) is 0 Å². The number of sulfonamides is 1. The first kappa shape index (κ1) is 18.2. The van der Waals surface area contributed by atoms with Gasteiger partial charge in [0.15, 0.2) is 0 Å². The molecule has 0 unspecified atom stereocenters. The summed E-state index contributed by atoms with van der Waals surface area (Å²) >= 11 is -1.44. The van der Waals surface area contributed by atoms with Gasteiger partial charge in [-0.15, -0.1) is 0 Å². The van der Waals surface area contributed by atoms with E-state index in [1.807, 2.05) is 4.74 Å². The van der Waals surface area contributed by atoms with Crippen LogP contribution in [0.15, 0.2) is 3.77 Å². The van der Waals surface area contributed by atoms with Gasteiger partial charge in [0.05, 0.1) is 0 Å². The maximum atomic E-state index is 12.7. The molecule has 0 bridgehead atoms. The van der Waals surface area contributed by atoms with Gasteiger partial charge in [0, 0.05) is 0 Å². The molecule has 0 amide bonds. The Bertz CT molecular complexity index is 483. The molecule has 0 aliphatic rings. The lowest BCUT2D eigenvalue weighted by atomic mass is 10.6. The van der Waals surface area contributed by atoms with Crippen molar-refractivity contribution in [3.05, 3.63) is 0 Å². The van der Waals surface area contributed by atoms with Gasteiger partial charge in [0.1, 0.15) is 0 Å². The molecule has 0 N–H and O–H groups in total. The van der Waals surface area contributed by atoms with Gasteiger partial charge in [0.2, 0.25) is 11.5 Å². The average Bonchev–Trinajstić information content (AvgIpc) is 2.14. The second-order valence-electron chi connectivity index (χ2n) is 2.62. The van der Waals surface area contributed by atoms with Crippen LogP contribution in [0.4, 0.5) is 35.1 Å². The van der Waals surface area contributed by atoms with Gasteiger partial charge in [-0.1, -0.05) is 3.77 Å². The summed E-state index contributed by atoms with van der Waals surface area (Å²) in [5.74, 6) is 0. The fourth-order valence-electron chi connectivity index (χ4n) is 0.512. The predicted octanol–water partition coefficient (Wildman–Crippen LogP) is 1.77. The zero-order valence-corrected chi connectivity index (χ0v) is 9.63. The molecule has 0 aliphatic carbocycles. The molecule has 0 atom stereocenters. The Kier molecular flexibility index (Phi) is 5.05. The van der Waals surface area contributed by atoms with Crippen LogP contribution in [-0.4, -0.2) is 36.5 Å². The second kappa shape index (κ2) is 5.28. The minimum absolute atomic E-state index is 1.44. The van der Waals surface area contributed by atoms with Crippen molar-refractivity contribution >= 4 is 21.5 Å². The molecule has 0 fully saturated rings. The lowest BCUT2D eigenvalue weighted by Gasteiger charge is -2.27. The van der Waals surface area contributed by atoms with Gasteiger partial charge in [-0.05, 0) is 0 Å². The van der Waals surface area contributed by atoms with Crippen LogP contribution in [0, 0.1) is 0 Å². The molecular weight excluding hydrogens is 342 g/mol. The Morgan fingerprint density at radius 2 is 1.47 bits per heavy atom. The van der Waals surface area contributed by atoms with Gasteiger partial charge in [-0.3, -0.25) is 0 Å². The number of nitrogens with zero attached hydrogens (tertiary/aromatic N) is 1. The van der Waals surface area contributed by atoms with E-state index < -0.39 is 45.4 Å². The highest BCUT2D eigenvalue weighted by molar-refractivity contribution is 7.94. The van der Waals surface area contributed by atoms with Crippen LogP contribution in [0.25, 0.3) is 0 Å². The van der Waals surface area contributed by atoms with Crippen molar-refractivity contribution in [1.82, 2.24) is 0 Å². The van der Waals surface area contributed by atoms with Gasteiger partial charge >= 0.3 is 33.9 Å². The summed E-state index contributed by atoms with van der Waals surface area (Å²) in [6, 6.07) is 0. The maximum Gasteiger partial charge on any atom is 0.456 e. The Morgan fingerprint density at radius 3 is 1.79 bits per heavy atom. The first-order chi connectivity index (χ1) is 8.21. The van der Waals surface area contributed by atoms with Crippen LogP contribution in [0.3, 0.4) is 0 Å². The van der Waals surface area contributed by atoms with E-state index >= 15 is 0 Å². The summed E-state index contributed by atoms with van der Waals surface area (Å²) in [5.41, 5.74) is 0. The quantitative estimate of drug-likeness (QED) is 0.689. The van der Waals surface area contributed by atoms with E-state index in [4.69, 9.17) is 0 Å². The smallest absolute Gasteiger partial charge is 0.245 e. The normalized spacial score (nSPS) is 14.6. The second-order valence-corrected chi connectivity index (χ2v) is 4.83. The van der Waals surface area contributed by atoms with Crippen molar-refractivity contribution in [2.45, 2.75) is 23.9 Å². The van der Waals surface area contributed by atoms with Crippen LogP contribution >= 0.6 is 0 Å². The number of halogens is 8. The monoisotopic (exact) mass is 343 g/mol. The third-order valence-corrected chi connectivity index (χ3v) is 3.22. The molecule has 0 heterocycles. The lowest BCUT2D eigenvalue weighted by molar-refractivity contribution is -0.435. The van der Waals surface area contributed by atoms with Gasteiger partial charge in [-0.25, -0.2) is 13.5 Å². The highest BCUT2D eigenvalue weighted by Gasteiger charge is 2.72. The SMILES string of the molecule is O=S=NS(=O)(=O)C(F)(F)C(F)(F)OC(F)(F)C(F)F. The van der Waals surface area contributed by atoms with Crippen LogP contribution in [-0.2, 0) is 26.2 Å². The molecule has 5 nitrogen and oxygen atoms in total. The summed E-state index contributed by atoms with van der Waals surface area (Å²) < 4.78 is 131. The Morgan fingerprint density at radius 1 is 1.05 bits per heavy atom. The highest BCUT2D eigenvalue weighted by atomic mass is 32.2. The molecule has 19 heavy (non-hydrogen) atoms. The number of rotatable bonds is 6. The molecule has 0 aromatic carbocycles. The molecule has 0 aliphatic heterocycles. The largest absolute Gasteiger partial charge is 0.456 e. The number of alkyl halides is 8. The van der Waals surface area contributed by atoms with Crippen molar-refractivity contribution in [2.24, 2.45) is 3.77 Å². The molecule has 0 saturated carbocycles. The fraction of sp³-hybridized carbons (Fsp3) is 1.00. The van der Waals surface area contributed by atoms with Crippen molar-refractivity contribution in [1.29, 1.82) is 0 Å². The lowest BCUT2D eigenvalue weighted by Crippen LogP contribution is -2.52. The van der Waals surface area contributed by atoms with Crippen LogP contribution in [0.2, 0.25) is 0 Å². The van der Waals surface area contributed by atoms with E-state index in [0.717, 1.165) is 0 Å². The minimum Gasteiger partial charge on any atom is -0.245 e. The van der Waals surface area contributed by atoms with Gasteiger partial charge in [-0.2, -0.15) is 39.0 Å². The van der Waals surface area contributed by atoms with E-state index in [0.29, 0.717) is 0 Å². The third-order valence-electron chi connectivity index (χ3n) is 1.31. The van der Waals surface area contributed by atoms with E-state index in [1.54, 1.807) is 0 Å². The topological polar surface area (TPSA) is 72.8 Å². The van der Waals surface area contributed by atoms with Crippen molar-refractivity contribution in [2.75, 3.05) is 0 Å². The summed E-state index contributed by atoms with van der Waals surface area (Å²) in [6.45, 7) is 0. The highest BCUT2D eigenvalue weighted by Crippen LogP contribution is 2.44. The predicted molar refractivity (Wildman–Crippen MR) is 41.4 cm³/mol. The maximum absolute atomic E-state index is 12.7. The van der Waals surface area contributed by atoms with Gasteiger partial charge in [0.25, 0.3) is 0 Å². The number of ether oxygens (including phenoxy) is 1. The van der Waals surface area contributed by atoms with E-state index in [-0.39, 0.29) is 0 Å². The molecule has 0 saturated heterocycles. The summed E-state index contributed by atoms with van der Waals surface area (Å²) in [6.07, 6.45) is -17.5. The average molecular weight is 343 g/mol. The fourth-order valence-corrected chi connectivity index (χ4v) is 1.55. The Hall–Kier alpha value is -0.830. The molecular formula is C4HF8NO4S2. The van der Waals surface area contributed by atoms with Crippen molar-refractivity contribution in [3.63, 3.8) is 0 Å². The van der Waals surface area contributed by atoms with E-state index in [1.165, 1.54) is 3.77 Å². The zero-order valence-electron chi connectivity index (χ0n) is 8.00. The summed E-state index contributed by atoms with van der Waals surface area (Å²) in [4.78, 5) is 0. The third kappa shape index (κ3) is 3.59. The molecule has 0 radical (unpaired) electrons. The van der Waals surface area contributed by atoms with Crippen LogP contribution < -0.4 is 0 Å². The Labute approximate surface area is 102 Å². The van der Waals surface area contributed by atoms with Gasteiger partial charge < -0.3 is 0 Å². The van der Waals surface area contributed by atoms with Crippen LogP contribution in [0.5, 0.6) is 0 Å². The van der Waals surface area contributed by atoms with Crippen LogP contribution in [0.1, 0.15) is 0 Å². The number of hydrogen-bond acceptors (Lipinski definition) is 4. The summed E-state index contributed by atoms with van der Waals surface area (Å²) in [7, 11) is -6.58. The molecule has 15 heteroatoms. The standard InChI is InChI=1S/C4HF8NO4S2/c5-1(6)2(7,8)17-3(9,10)4(11,12)19(15,16)13-18-14/h1H. The molecule has 0 spiro atoms. The first-order valence-electron chi connectivity index (χ1n) is 3.59. The first-order valence-corrected chi connectivity index (χ1v) is 5.73. The molecule has 114 valence electrons. The Balaban J connectivity index is 5.60. The molecule has 0 aromatic rings. The summed E-state index contributed by atoms with van der Waals surface area (Å²) in [5, 5.41) is -6.45. The van der Waals surface area contributed by atoms with E-state index in [9.17, 15) is 47.8 Å². The molecule has 0 rings (SSSR count). The zero-order chi connectivity index (χ0) is 15.7. The minimum atomic E-state index is -6.58. The van der Waals surface area contributed by atoms with Crippen molar-refractivity contribution < 1.29 is 52.5 Å². The number of hydrogen-bond donors (Lipinski definition) is 0. The van der Waals surface area contributed by atoms with Crippen molar-refractivity contribution in [3.8, 4) is 0 Å². The molecule has 0 aromatic heterocycles.